The molecule has 7 heteroatoms. The van der Waals surface area contributed by atoms with Crippen molar-refractivity contribution in [3.63, 3.8) is 0 Å². The molecule has 24 heavy (non-hydrogen) atoms. The summed E-state index contributed by atoms with van der Waals surface area (Å²) in [4.78, 5) is 16.2. The molecule has 1 aromatic carbocycles. The Morgan fingerprint density at radius 3 is 2.92 bits per heavy atom. The van der Waals surface area contributed by atoms with Gasteiger partial charge in [0.2, 0.25) is 0 Å². The highest BCUT2D eigenvalue weighted by Gasteiger charge is 2.28. The Hall–Kier alpha value is -2.41. The minimum atomic E-state index is -0.297. The molecule has 1 saturated heterocycles. The maximum Gasteiger partial charge on any atom is 0.315 e. The molecular weight excluding hydrogens is 311 g/mol. The van der Waals surface area contributed by atoms with E-state index >= 15 is 0 Å². The van der Waals surface area contributed by atoms with Gasteiger partial charge in [0.05, 0.1) is 18.5 Å². The number of hydrogen-bond acceptors (Lipinski definition) is 3. The fourth-order valence-electron chi connectivity index (χ4n) is 2.84. The quantitative estimate of drug-likeness (QED) is 0.852. The zero-order chi connectivity index (χ0) is 16.8. The van der Waals surface area contributed by atoms with E-state index in [1.165, 1.54) is 12.1 Å². The van der Waals surface area contributed by atoms with Crippen molar-refractivity contribution in [3.8, 4) is 0 Å². The molecule has 2 aromatic rings. The highest BCUT2D eigenvalue weighted by molar-refractivity contribution is 5.74. The maximum absolute atomic E-state index is 13.2. The molecule has 2 atom stereocenters. The van der Waals surface area contributed by atoms with Gasteiger partial charge in [-0.05, 0) is 30.5 Å². The van der Waals surface area contributed by atoms with Gasteiger partial charge in [0, 0.05) is 32.1 Å². The summed E-state index contributed by atoms with van der Waals surface area (Å²) in [5.41, 5.74) is 0.841. The molecular formula is C17H21FN4O2. The number of carbonyl (C=O) groups is 1. The zero-order valence-electron chi connectivity index (χ0n) is 13.3. The number of nitrogens with one attached hydrogen (secondary N) is 2. The molecule has 1 aliphatic rings. The van der Waals surface area contributed by atoms with Crippen molar-refractivity contribution in [2.45, 2.75) is 31.5 Å². The van der Waals surface area contributed by atoms with Crippen molar-refractivity contribution >= 4 is 6.03 Å². The van der Waals surface area contributed by atoms with Crippen LogP contribution in [0.5, 0.6) is 0 Å². The van der Waals surface area contributed by atoms with Crippen LogP contribution < -0.4 is 10.6 Å². The summed E-state index contributed by atoms with van der Waals surface area (Å²) in [7, 11) is 0. The zero-order valence-corrected chi connectivity index (χ0v) is 13.3. The topological polar surface area (TPSA) is 68.2 Å². The second-order valence-corrected chi connectivity index (χ2v) is 5.78. The van der Waals surface area contributed by atoms with Crippen LogP contribution in [0.1, 0.15) is 24.4 Å². The lowest BCUT2D eigenvalue weighted by Gasteiger charge is -2.25. The molecule has 0 radical (unpaired) electrons. The molecule has 0 saturated carbocycles. The number of halogens is 1. The second-order valence-electron chi connectivity index (χ2n) is 5.78. The Morgan fingerprint density at radius 2 is 2.25 bits per heavy atom. The first-order valence-corrected chi connectivity index (χ1v) is 8.09. The van der Waals surface area contributed by atoms with E-state index in [-0.39, 0.29) is 24.0 Å². The van der Waals surface area contributed by atoms with Crippen LogP contribution in [0.3, 0.4) is 0 Å². The summed E-state index contributed by atoms with van der Waals surface area (Å²) >= 11 is 0. The first-order valence-electron chi connectivity index (χ1n) is 8.09. The minimum absolute atomic E-state index is 0.0881. The van der Waals surface area contributed by atoms with Gasteiger partial charge in [-0.1, -0.05) is 12.1 Å². The first-order chi connectivity index (χ1) is 11.7. The number of carbonyl (C=O) groups excluding carboxylic acids is 1. The van der Waals surface area contributed by atoms with Gasteiger partial charge in [-0.25, -0.2) is 14.2 Å². The normalized spacial score (nSPS) is 18.3. The van der Waals surface area contributed by atoms with E-state index in [0.717, 1.165) is 18.4 Å². The molecule has 1 aromatic heterocycles. The minimum Gasteiger partial charge on any atom is -0.376 e. The van der Waals surface area contributed by atoms with Crippen LogP contribution in [-0.4, -0.2) is 34.8 Å². The number of rotatable bonds is 6. The number of urea groups is 1. The molecule has 2 N–H and O–H groups in total. The van der Waals surface area contributed by atoms with Gasteiger partial charge in [0.25, 0.3) is 0 Å². The van der Waals surface area contributed by atoms with Crippen molar-refractivity contribution in [1.29, 1.82) is 0 Å². The summed E-state index contributed by atoms with van der Waals surface area (Å²) in [6.45, 7) is 1.82. The smallest absolute Gasteiger partial charge is 0.315 e. The standard InChI is InChI=1S/C17H21FN4O2/c18-14-5-3-13(4-6-14)16(15-2-1-11-24-15)21-17(23)20-8-10-22-9-7-19-12-22/h3-7,9,12,15-16H,1-2,8,10-11H2,(H2,20,21,23)/t15-,16+/m0/s1. The summed E-state index contributed by atoms with van der Waals surface area (Å²) in [6.07, 6.45) is 6.99. The largest absolute Gasteiger partial charge is 0.376 e. The predicted molar refractivity (Wildman–Crippen MR) is 86.9 cm³/mol. The third-order valence-electron chi connectivity index (χ3n) is 4.07. The van der Waals surface area contributed by atoms with Gasteiger partial charge in [-0.2, -0.15) is 0 Å². The van der Waals surface area contributed by atoms with Crippen LogP contribution in [0.15, 0.2) is 43.0 Å². The van der Waals surface area contributed by atoms with E-state index < -0.39 is 0 Å². The molecule has 1 aliphatic heterocycles. The number of imidazole rings is 1. The highest BCUT2D eigenvalue weighted by atomic mass is 19.1. The fourth-order valence-corrected chi connectivity index (χ4v) is 2.84. The van der Waals surface area contributed by atoms with Crippen molar-refractivity contribution < 1.29 is 13.9 Å². The van der Waals surface area contributed by atoms with Gasteiger partial charge in [0.1, 0.15) is 5.82 Å². The molecule has 0 spiro atoms. The monoisotopic (exact) mass is 332 g/mol. The lowest BCUT2D eigenvalue weighted by atomic mass is 9.99. The summed E-state index contributed by atoms with van der Waals surface area (Å²) < 4.78 is 20.8. The van der Waals surface area contributed by atoms with E-state index in [1.54, 1.807) is 24.7 Å². The Morgan fingerprint density at radius 1 is 1.42 bits per heavy atom. The number of benzene rings is 1. The van der Waals surface area contributed by atoms with Gasteiger partial charge in [-0.3, -0.25) is 0 Å². The van der Waals surface area contributed by atoms with Gasteiger partial charge in [-0.15, -0.1) is 0 Å². The Balaban J connectivity index is 1.58. The van der Waals surface area contributed by atoms with E-state index in [9.17, 15) is 9.18 Å². The molecule has 1 fully saturated rings. The van der Waals surface area contributed by atoms with E-state index in [0.29, 0.717) is 19.7 Å². The summed E-state index contributed by atoms with van der Waals surface area (Å²) in [6, 6.07) is 5.62. The second kappa shape index (κ2) is 7.92. The number of hydrogen-bond donors (Lipinski definition) is 2. The SMILES string of the molecule is O=C(NCCn1ccnc1)N[C@H](c1ccc(F)cc1)[C@@H]1CCCO1. The number of nitrogens with zero attached hydrogens (tertiary/aromatic N) is 2. The van der Waals surface area contributed by atoms with Gasteiger partial charge < -0.3 is 19.9 Å². The van der Waals surface area contributed by atoms with E-state index in [2.05, 4.69) is 15.6 Å². The van der Waals surface area contributed by atoms with Gasteiger partial charge in [0.15, 0.2) is 0 Å². The van der Waals surface area contributed by atoms with Crippen molar-refractivity contribution in [2.75, 3.05) is 13.2 Å². The van der Waals surface area contributed by atoms with E-state index in [4.69, 9.17) is 4.74 Å². The third kappa shape index (κ3) is 4.32. The fraction of sp³-hybridized carbons (Fsp3) is 0.412. The van der Waals surface area contributed by atoms with Crippen molar-refractivity contribution in [3.05, 3.63) is 54.4 Å². The van der Waals surface area contributed by atoms with Crippen LogP contribution in [0.4, 0.5) is 9.18 Å². The van der Waals surface area contributed by atoms with Crippen LogP contribution in [-0.2, 0) is 11.3 Å². The first kappa shape index (κ1) is 16.4. The Kier molecular flexibility index (Phi) is 5.43. The molecule has 2 amide bonds. The van der Waals surface area contributed by atoms with Crippen molar-refractivity contribution in [1.82, 2.24) is 20.2 Å². The van der Waals surface area contributed by atoms with Crippen LogP contribution in [0.25, 0.3) is 0 Å². The number of ether oxygens (including phenoxy) is 1. The van der Waals surface area contributed by atoms with E-state index in [1.807, 2.05) is 10.8 Å². The lowest BCUT2D eigenvalue weighted by molar-refractivity contribution is 0.0807. The maximum atomic E-state index is 13.2. The van der Waals surface area contributed by atoms with Crippen LogP contribution >= 0.6 is 0 Å². The van der Waals surface area contributed by atoms with Crippen molar-refractivity contribution in [2.24, 2.45) is 0 Å². The molecule has 3 rings (SSSR count). The average Bonchev–Trinajstić information content (AvgIpc) is 3.27. The molecule has 0 unspecified atom stereocenters. The summed E-state index contributed by atoms with van der Waals surface area (Å²) in [5, 5.41) is 5.78. The van der Waals surface area contributed by atoms with Gasteiger partial charge >= 0.3 is 6.03 Å². The molecule has 2 heterocycles. The molecule has 128 valence electrons. The number of aromatic nitrogens is 2. The summed E-state index contributed by atoms with van der Waals surface area (Å²) in [5.74, 6) is -0.297. The lowest BCUT2D eigenvalue weighted by Crippen LogP contribution is -2.43. The molecule has 0 bridgehead atoms. The Bertz CT molecular complexity index is 639. The molecule has 6 nitrogen and oxygen atoms in total. The Labute approximate surface area is 140 Å². The predicted octanol–water partition coefficient (Wildman–Crippen LogP) is 2.24. The number of amides is 2. The molecule has 0 aliphatic carbocycles. The third-order valence-corrected chi connectivity index (χ3v) is 4.07. The average molecular weight is 332 g/mol. The van der Waals surface area contributed by atoms with Crippen LogP contribution in [0.2, 0.25) is 0 Å². The van der Waals surface area contributed by atoms with Crippen LogP contribution in [0, 0.1) is 5.82 Å². The highest BCUT2D eigenvalue weighted by Crippen LogP contribution is 2.27.